The summed E-state index contributed by atoms with van der Waals surface area (Å²) >= 11 is 0. The first-order valence-corrected chi connectivity index (χ1v) is 7.35. The van der Waals surface area contributed by atoms with Crippen molar-refractivity contribution in [3.8, 4) is 0 Å². The van der Waals surface area contributed by atoms with E-state index in [1.165, 1.54) is 12.1 Å². The number of H-pyrrole nitrogens is 1. The molecule has 1 saturated heterocycles. The van der Waals surface area contributed by atoms with Gasteiger partial charge in [0.1, 0.15) is 11.5 Å². The van der Waals surface area contributed by atoms with Gasteiger partial charge in [0.05, 0.1) is 0 Å². The van der Waals surface area contributed by atoms with Gasteiger partial charge in [0, 0.05) is 23.5 Å². The highest BCUT2D eigenvalue weighted by molar-refractivity contribution is 5.98. The largest absolute Gasteiger partial charge is 0.350 e. The van der Waals surface area contributed by atoms with E-state index in [2.05, 4.69) is 22.5 Å². The van der Waals surface area contributed by atoms with Gasteiger partial charge in [-0.05, 0) is 49.6 Å². The first-order chi connectivity index (χ1) is 10.0. The molecule has 0 radical (unpaired) electrons. The van der Waals surface area contributed by atoms with Crippen LogP contribution in [0.4, 0.5) is 4.39 Å². The zero-order chi connectivity index (χ0) is 15.0. The zero-order valence-electron chi connectivity index (χ0n) is 12.3. The summed E-state index contributed by atoms with van der Waals surface area (Å²) in [5, 5.41) is 7.20. The highest BCUT2D eigenvalue weighted by Crippen LogP contribution is 2.21. The fourth-order valence-corrected chi connectivity index (χ4v) is 2.97. The van der Waals surface area contributed by atoms with E-state index in [0.29, 0.717) is 29.7 Å². The van der Waals surface area contributed by atoms with E-state index in [-0.39, 0.29) is 11.7 Å². The number of nitrogens with one attached hydrogen (secondary N) is 3. The number of aromatic amines is 1. The van der Waals surface area contributed by atoms with Crippen molar-refractivity contribution >= 4 is 16.8 Å². The summed E-state index contributed by atoms with van der Waals surface area (Å²) in [4.78, 5) is 15.2. The number of hydrogen-bond acceptors (Lipinski definition) is 2. The molecule has 3 N–H and O–H groups in total. The number of carbonyl (C=O) groups is 1. The number of fused-ring (bicyclic) bond motifs is 1. The topological polar surface area (TPSA) is 56.9 Å². The maximum absolute atomic E-state index is 13.4. The molecule has 0 saturated carbocycles. The van der Waals surface area contributed by atoms with Crippen molar-refractivity contribution in [2.75, 3.05) is 13.1 Å². The molecule has 1 aromatic carbocycles. The van der Waals surface area contributed by atoms with Gasteiger partial charge in [-0.25, -0.2) is 4.39 Å². The molecule has 0 aliphatic carbocycles. The molecule has 2 aromatic rings. The van der Waals surface area contributed by atoms with E-state index in [4.69, 9.17) is 0 Å². The summed E-state index contributed by atoms with van der Waals surface area (Å²) in [5.74, 6) is 0.133. The van der Waals surface area contributed by atoms with Crippen LogP contribution in [-0.4, -0.2) is 30.0 Å². The van der Waals surface area contributed by atoms with Crippen LogP contribution in [0.2, 0.25) is 0 Å². The minimum absolute atomic E-state index is 0.146. The lowest BCUT2D eigenvalue weighted by molar-refractivity contribution is 0.0944. The van der Waals surface area contributed by atoms with Crippen molar-refractivity contribution in [3.05, 3.63) is 35.3 Å². The number of halogens is 1. The highest BCUT2D eigenvalue weighted by Gasteiger charge is 2.23. The first kappa shape index (κ1) is 14.1. The maximum atomic E-state index is 13.4. The first-order valence-electron chi connectivity index (χ1n) is 7.35. The Morgan fingerprint density at radius 2 is 2.24 bits per heavy atom. The number of aryl methyl sites for hydroxylation is 1. The van der Waals surface area contributed by atoms with Crippen LogP contribution in [0, 0.1) is 18.7 Å². The molecule has 2 heterocycles. The monoisotopic (exact) mass is 289 g/mol. The lowest BCUT2D eigenvalue weighted by atomic mass is 10.0. The number of amides is 1. The Hall–Kier alpha value is -1.88. The van der Waals surface area contributed by atoms with Crippen molar-refractivity contribution in [1.82, 2.24) is 15.6 Å². The van der Waals surface area contributed by atoms with Gasteiger partial charge < -0.3 is 15.6 Å². The minimum atomic E-state index is -0.294. The van der Waals surface area contributed by atoms with Crippen LogP contribution in [0.5, 0.6) is 0 Å². The Morgan fingerprint density at radius 1 is 1.43 bits per heavy atom. The third-order valence-corrected chi connectivity index (χ3v) is 4.33. The molecular formula is C16H20FN3O. The van der Waals surface area contributed by atoms with Gasteiger partial charge in [0.2, 0.25) is 0 Å². The Morgan fingerprint density at radius 3 is 2.95 bits per heavy atom. The van der Waals surface area contributed by atoms with Gasteiger partial charge in [-0.2, -0.15) is 0 Å². The number of rotatable bonds is 3. The molecule has 0 bridgehead atoms. The fraction of sp³-hybridized carbons (Fsp3) is 0.438. The molecule has 1 aliphatic heterocycles. The standard InChI is InChI=1S/C16H20FN3O/c1-9-3-4-18-15(9)8-19-16(21)14-7-12-10(2)5-11(17)6-13(12)20-14/h5-7,9,15,18,20H,3-4,8H2,1-2H3,(H,19,21). The van der Waals surface area contributed by atoms with Gasteiger partial charge in [-0.15, -0.1) is 0 Å². The van der Waals surface area contributed by atoms with Gasteiger partial charge in [0.15, 0.2) is 0 Å². The van der Waals surface area contributed by atoms with Gasteiger partial charge >= 0.3 is 0 Å². The van der Waals surface area contributed by atoms with Gasteiger partial charge in [0.25, 0.3) is 5.91 Å². The Balaban J connectivity index is 1.74. The molecule has 3 rings (SSSR count). The molecule has 1 amide bonds. The van der Waals surface area contributed by atoms with E-state index in [9.17, 15) is 9.18 Å². The average Bonchev–Trinajstić information content (AvgIpc) is 3.02. The number of aromatic nitrogens is 1. The van der Waals surface area contributed by atoms with E-state index >= 15 is 0 Å². The second kappa shape index (κ2) is 5.48. The molecule has 1 aromatic heterocycles. The number of carbonyl (C=O) groups excluding carboxylic acids is 1. The summed E-state index contributed by atoms with van der Waals surface area (Å²) < 4.78 is 13.4. The van der Waals surface area contributed by atoms with Crippen LogP contribution in [0.15, 0.2) is 18.2 Å². The van der Waals surface area contributed by atoms with Crippen LogP contribution >= 0.6 is 0 Å². The molecule has 2 atom stereocenters. The van der Waals surface area contributed by atoms with Crippen molar-refractivity contribution in [2.45, 2.75) is 26.3 Å². The molecule has 4 nitrogen and oxygen atoms in total. The van der Waals surface area contributed by atoms with Crippen LogP contribution in [0.1, 0.15) is 29.4 Å². The minimum Gasteiger partial charge on any atom is -0.350 e. The predicted molar refractivity (Wildman–Crippen MR) is 80.9 cm³/mol. The van der Waals surface area contributed by atoms with Gasteiger partial charge in [-0.3, -0.25) is 4.79 Å². The van der Waals surface area contributed by atoms with Crippen LogP contribution < -0.4 is 10.6 Å². The van der Waals surface area contributed by atoms with Crippen molar-refractivity contribution in [3.63, 3.8) is 0 Å². The summed E-state index contributed by atoms with van der Waals surface area (Å²) in [6, 6.07) is 5.00. The molecule has 2 unspecified atom stereocenters. The molecule has 1 aliphatic rings. The third-order valence-electron chi connectivity index (χ3n) is 4.33. The lowest BCUT2D eigenvalue weighted by Crippen LogP contribution is -2.39. The van der Waals surface area contributed by atoms with Gasteiger partial charge in [-0.1, -0.05) is 6.92 Å². The average molecular weight is 289 g/mol. The summed E-state index contributed by atoms with van der Waals surface area (Å²) in [6.45, 7) is 5.65. The Bertz CT molecular complexity index is 679. The molecule has 1 fully saturated rings. The van der Waals surface area contributed by atoms with Crippen molar-refractivity contribution < 1.29 is 9.18 Å². The van der Waals surface area contributed by atoms with E-state index in [1.54, 1.807) is 6.07 Å². The predicted octanol–water partition coefficient (Wildman–Crippen LogP) is 2.34. The number of hydrogen-bond donors (Lipinski definition) is 3. The normalized spacial score (nSPS) is 21.9. The SMILES string of the molecule is Cc1cc(F)cc2[nH]c(C(=O)NCC3NCCC3C)cc12. The second-order valence-corrected chi connectivity index (χ2v) is 5.90. The van der Waals surface area contributed by atoms with E-state index < -0.39 is 0 Å². The molecule has 0 spiro atoms. The second-order valence-electron chi connectivity index (χ2n) is 5.90. The van der Waals surface area contributed by atoms with Crippen LogP contribution in [-0.2, 0) is 0 Å². The summed E-state index contributed by atoms with van der Waals surface area (Å²) in [6.07, 6.45) is 1.14. The molecule has 5 heteroatoms. The van der Waals surface area contributed by atoms with Crippen LogP contribution in [0.3, 0.4) is 0 Å². The van der Waals surface area contributed by atoms with Crippen molar-refractivity contribution in [1.29, 1.82) is 0 Å². The smallest absolute Gasteiger partial charge is 0.267 e. The molecule has 21 heavy (non-hydrogen) atoms. The quantitative estimate of drug-likeness (QED) is 0.812. The van der Waals surface area contributed by atoms with E-state index in [0.717, 1.165) is 23.9 Å². The number of benzene rings is 1. The maximum Gasteiger partial charge on any atom is 0.267 e. The zero-order valence-corrected chi connectivity index (χ0v) is 12.3. The van der Waals surface area contributed by atoms with E-state index in [1.807, 2.05) is 6.92 Å². The third kappa shape index (κ3) is 2.78. The summed E-state index contributed by atoms with van der Waals surface area (Å²) in [5.41, 5.74) is 1.96. The molecular weight excluding hydrogens is 269 g/mol. The highest BCUT2D eigenvalue weighted by atomic mass is 19.1. The Labute approximate surface area is 123 Å². The Kier molecular flexibility index (Phi) is 3.68. The molecule has 112 valence electrons. The summed E-state index contributed by atoms with van der Waals surface area (Å²) in [7, 11) is 0. The lowest BCUT2D eigenvalue weighted by Gasteiger charge is -2.15. The van der Waals surface area contributed by atoms with Crippen molar-refractivity contribution in [2.24, 2.45) is 5.92 Å². The fourth-order valence-electron chi connectivity index (χ4n) is 2.97. The van der Waals surface area contributed by atoms with Crippen LogP contribution in [0.25, 0.3) is 10.9 Å².